The van der Waals surface area contributed by atoms with Crippen molar-refractivity contribution < 1.29 is 9.53 Å². The third-order valence-electron chi connectivity index (χ3n) is 5.18. The van der Waals surface area contributed by atoms with Crippen LogP contribution in [0.15, 0.2) is 24.3 Å². The predicted molar refractivity (Wildman–Crippen MR) is 94.5 cm³/mol. The number of fused-ring (bicyclic) bond motifs is 1. The molecule has 4 rings (SSSR count). The number of nitrogens with zero attached hydrogens (tertiary/aromatic N) is 3. The van der Waals surface area contributed by atoms with Crippen LogP contribution in [0.2, 0.25) is 0 Å². The normalized spacial score (nSPS) is 18.1. The van der Waals surface area contributed by atoms with Gasteiger partial charge in [0, 0.05) is 37.6 Å². The fraction of sp³-hybridized carbons (Fsp3) is 0.474. The Bertz CT molecular complexity index is 778. The van der Waals surface area contributed by atoms with E-state index >= 15 is 0 Å². The molecule has 2 fully saturated rings. The molecule has 2 aliphatic heterocycles. The number of carbonyl (C=O) groups is 1. The summed E-state index contributed by atoms with van der Waals surface area (Å²) >= 11 is 0. The van der Waals surface area contributed by atoms with Crippen molar-refractivity contribution in [3.05, 3.63) is 29.8 Å². The number of rotatable bonds is 3. The quantitative estimate of drug-likeness (QED) is 0.870. The molecule has 24 heavy (non-hydrogen) atoms. The Kier molecular flexibility index (Phi) is 3.79. The SMILES string of the molecule is COc1ccc2c(C)cc(N3CC(C(=O)N4CCCC4)C3)nc2c1. The van der Waals surface area contributed by atoms with Crippen molar-refractivity contribution in [2.75, 3.05) is 38.2 Å². The van der Waals surface area contributed by atoms with Gasteiger partial charge in [0.1, 0.15) is 11.6 Å². The number of benzene rings is 1. The van der Waals surface area contributed by atoms with Crippen LogP contribution in [0, 0.1) is 12.8 Å². The number of amides is 1. The van der Waals surface area contributed by atoms with Crippen molar-refractivity contribution in [1.29, 1.82) is 0 Å². The van der Waals surface area contributed by atoms with E-state index in [2.05, 4.69) is 24.0 Å². The lowest BCUT2D eigenvalue weighted by atomic mass is 9.98. The molecule has 5 nitrogen and oxygen atoms in total. The maximum absolute atomic E-state index is 12.4. The monoisotopic (exact) mass is 325 g/mol. The third kappa shape index (κ3) is 2.58. The van der Waals surface area contributed by atoms with E-state index in [0.717, 1.165) is 61.5 Å². The van der Waals surface area contributed by atoms with Crippen LogP contribution in [0.4, 0.5) is 5.82 Å². The summed E-state index contributed by atoms with van der Waals surface area (Å²) in [6.45, 7) is 5.52. The molecule has 0 unspecified atom stereocenters. The van der Waals surface area contributed by atoms with Crippen LogP contribution in [0.25, 0.3) is 10.9 Å². The van der Waals surface area contributed by atoms with Crippen molar-refractivity contribution in [3.8, 4) is 5.75 Å². The van der Waals surface area contributed by atoms with E-state index in [1.54, 1.807) is 7.11 Å². The summed E-state index contributed by atoms with van der Waals surface area (Å²) in [6, 6.07) is 8.10. The maximum atomic E-state index is 12.4. The lowest BCUT2D eigenvalue weighted by Crippen LogP contribution is -2.54. The summed E-state index contributed by atoms with van der Waals surface area (Å²) in [5, 5.41) is 1.14. The van der Waals surface area contributed by atoms with Gasteiger partial charge in [-0.2, -0.15) is 0 Å². The van der Waals surface area contributed by atoms with E-state index in [1.807, 2.05) is 17.0 Å². The summed E-state index contributed by atoms with van der Waals surface area (Å²) in [6.07, 6.45) is 2.30. The molecule has 0 spiro atoms. The first-order valence-corrected chi connectivity index (χ1v) is 8.65. The van der Waals surface area contributed by atoms with Crippen LogP contribution in [0.1, 0.15) is 18.4 Å². The van der Waals surface area contributed by atoms with Crippen LogP contribution in [0.3, 0.4) is 0 Å². The van der Waals surface area contributed by atoms with Crippen molar-refractivity contribution >= 4 is 22.6 Å². The Balaban J connectivity index is 1.52. The number of hydrogen-bond acceptors (Lipinski definition) is 4. The van der Waals surface area contributed by atoms with Crippen LogP contribution >= 0.6 is 0 Å². The van der Waals surface area contributed by atoms with Gasteiger partial charge in [-0.25, -0.2) is 4.98 Å². The fourth-order valence-corrected chi connectivity index (χ4v) is 3.67. The minimum atomic E-state index is 0.131. The molecule has 2 aromatic rings. The summed E-state index contributed by atoms with van der Waals surface area (Å²) in [5.74, 6) is 2.23. The number of hydrogen-bond donors (Lipinski definition) is 0. The summed E-state index contributed by atoms with van der Waals surface area (Å²) in [5.41, 5.74) is 2.14. The molecule has 1 aromatic carbocycles. The zero-order valence-corrected chi connectivity index (χ0v) is 14.3. The Labute approximate surface area is 142 Å². The van der Waals surface area contributed by atoms with E-state index < -0.39 is 0 Å². The number of pyridine rings is 1. The number of carbonyl (C=O) groups excluding carboxylic acids is 1. The molecule has 1 aromatic heterocycles. The lowest BCUT2D eigenvalue weighted by Gasteiger charge is -2.40. The van der Waals surface area contributed by atoms with Crippen LogP contribution in [-0.2, 0) is 4.79 Å². The maximum Gasteiger partial charge on any atom is 0.229 e. The zero-order valence-electron chi connectivity index (χ0n) is 14.3. The minimum Gasteiger partial charge on any atom is -0.497 e. The van der Waals surface area contributed by atoms with Gasteiger partial charge >= 0.3 is 0 Å². The Hall–Kier alpha value is -2.30. The van der Waals surface area contributed by atoms with Crippen LogP contribution < -0.4 is 9.64 Å². The number of likely N-dealkylation sites (tertiary alicyclic amines) is 1. The van der Waals surface area contributed by atoms with Gasteiger partial charge in [0.2, 0.25) is 5.91 Å². The molecule has 0 N–H and O–H groups in total. The predicted octanol–water partition coefficient (Wildman–Crippen LogP) is 2.61. The molecule has 0 saturated carbocycles. The summed E-state index contributed by atoms with van der Waals surface area (Å²) < 4.78 is 5.30. The molecular weight excluding hydrogens is 302 g/mol. The van der Waals surface area contributed by atoms with Gasteiger partial charge in [-0.3, -0.25) is 4.79 Å². The molecule has 0 aliphatic carbocycles. The van der Waals surface area contributed by atoms with Gasteiger partial charge in [0.15, 0.2) is 0 Å². The molecule has 5 heteroatoms. The van der Waals surface area contributed by atoms with E-state index in [1.165, 1.54) is 5.56 Å². The molecule has 126 valence electrons. The van der Waals surface area contributed by atoms with Crippen molar-refractivity contribution in [2.24, 2.45) is 5.92 Å². The highest BCUT2D eigenvalue weighted by Gasteiger charge is 2.36. The first-order valence-electron chi connectivity index (χ1n) is 8.65. The minimum absolute atomic E-state index is 0.131. The third-order valence-corrected chi connectivity index (χ3v) is 5.18. The van der Waals surface area contributed by atoms with Gasteiger partial charge in [-0.15, -0.1) is 0 Å². The highest BCUT2D eigenvalue weighted by Crippen LogP contribution is 2.30. The van der Waals surface area contributed by atoms with Gasteiger partial charge in [0.05, 0.1) is 18.5 Å². The Morgan fingerprint density at radius 3 is 2.67 bits per heavy atom. The van der Waals surface area contributed by atoms with Gasteiger partial charge in [-0.1, -0.05) is 0 Å². The van der Waals surface area contributed by atoms with Crippen molar-refractivity contribution in [3.63, 3.8) is 0 Å². The highest BCUT2D eigenvalue weighted by molar-refractivity contribution is 5.86. The van der Waals surface area contributed by atoms with Crippen LogP contribution in [-0.4, -0.2) is 49.1 Å². The number of ether oxygens (including phenoxy) is 1. The molecular formula is C19H23N3O2. The van der Waals surface area contributed by atoms with Gasteiger partial charge in [-0.05, 0) is 43.5 Å². The number of methoxy groups -OCH3 is 1. The largest absolute Gasteiger partial charge is 0.497 e. The fourth-order valence-electron chi connectivity index (χ4n) is 3.67. The number of anilines is 1. The Morgan fingerprint density at radius 1 is 1.21 bits per heavy atom. The molecule has 2 aliphatic rings. The topological polar surface area (TPSA) is 45.7 Å². The van der Waals surface area contributed by atoms with Gasteiger partial charge in [0.25, 0.3) is 0 Å². The second-order valence-electron chi connectivity index (χ2n) is 6.81. The second kappa shape index (κ2) is 5.96. The molecule has 3 heterocycles. The zero-order chi connectivity index (χ0) is 16.7. The van der Waals surface area contributed by atoms with Crippen molar-refractivity contribution in [2.45, 2.75) is 19.8 Å². The van der Waals surface area contributed by atoms with E-state index in [4.69, 9.17) is 9.72 Å². The van der Waals surface area contributed by atoms with Crippen LogP contribution in [0.5, 0.6) is 5.75 Å². The standard InChI is InChI=1S/C19H23N3O2/c1-13-9-18(20-17-10-15(24-2)5-6-16(13)17)22-11-14(12-22)19(23)21-7-3-4-8-21/h5-6,9-10,14H,3-4,7-8,11-12H2,1-2H3. The first kappa shape index (κ1) is 15.2. The Morgan fingerprint density at radius 2 is 1.96 bits per heavy atom. The average Bonchev–Trinajstić information content (AvgIpc) is 3.07. The number of aromatic nitrogens is 1. The summed E-state index contributed by atoms with van der Waals surface area (Å²) in [4.78, 5) is 21.4. The first-order chi connectivity index (χ1) is 11.7. The molecule has 1 amide bonds. The van der Waals surface area contributed by atoms with E-state index in [-0.39, 0.29) is 5.92 Å². The molecule has 0 bridgehead atoms. The second-order valence-corrected chi connectivity index (χ2v) is 6.81. The number of aryl methyl sites for hydroxylation is 1. The average molecular weight is 325 g/mol. The lowest BCUT2D eigenvalue weighted by molar-refractivity contribution is -0.135. The molecule has 0 atom stereocenters. The van der Waals surface area contributed by atoms with E-state index in [9.17, 15) is 4.79 Å². The molecule has 2 saturated heterocycles. The van der Waals surface area contributed by atoms with Gasteiger partial charge < -0.3 is 14.5 Å². The smallest absolute Gasteiger partial charge is 0.229 e. The van der Waals surface area contributed by atoms with Crippen molar-refractivity contribution in [1.82, 2.24) is 9.88 Å². The molecule has 0 radical (unpaired) electrons. The van der Waals surface area contributed by atoms with E-state index in [0.29, 0.717) is 5.91 Å². The highest BCUT2D eigenvalue weighted by atomic mass is 16.5. The summed E-state index contributed by atoms with van der Waals surface area (Å²) in [7, 11) is 1.67.